The molecule has 0 saturated carbocycles. The summed E-state index contributed by atoms with van der Waals surface area (Å²) in [4.78, 5) is 10.9. The first kappa shape index (κ1) is 11.6. The van der Waals surface area contributed by atoms with E-state index in [-0.39, 0.29) is 11.3 Å². The molecule has 0 aromatic heterocycles. The van der Waals surface area contributed by atoms with Crippen molar-refractivity contribution in [3.63, 3.8) is 0 Å². The van der Waals surface area contributed by atoms with E-state index in [9.17, 15) is 9.90 Å². The zero-order chi connectivity index (χ0) is 11.3. The molecule has 0 radical (unpaired) electrons. The fourth-order valence-electron chi connectivity index (χ4n) is 1.02. The predicted octanol–water partition coefficient (Wildman–Crippen LogP) is 1.63. The summed E-state index contributed by atoms with van der Waals surface area (Å²) in [7, 11) is 0. The minimum atomic E-state index is -0.656. The second-order valence-electron chi connectivity index (χ2n) is 2.84. The Morgan fingerprint density at radius 1 is 1.53 bits per heavy atom. The van der Waals surface area contributed by atoms with Crippen LogP contribution >= 0.6 is 15.9 Å². The summed E-state index contributed by atoms with van der Waals surface area (Å²) in [6.45, 7) is 0. The number of rotatable bonds is 2. The molecule has 1 aromatic carbocycles. The largest absolute Gasteiger partial charge is 0.507 e. The minimum Gasteiger partial charge on any atom is -0.507 e. The van der Waals surface area contributed by atoms with Crippen molar-refractivity contribution in [3.05, 3.63) is 29.3 Å². The number of carbonyl (C=O) groups excluding carboxylic acids is 1. The second kappa shape index (κ2) is 5.42. The van der Waals surface area contributed by atoms with E-state index in [2.05, 4.69) is 27.8 Å². The zero-order valence-corrected chi connectivity index (χ0v) is 9.54. The highest BCUT2D eigenvalue weighted by molar-refractivity contribution is 9.09. The molecule has 15 heavy (non-hydrogen) atoms. The smallest absolute Gasteiger partial charge is 0.252 e. The highest BCUT2D eigenvalue weighted by Gasteiger charge is 2.06. The number of hydrogen-bond donors (Lipinski definition) is 2. The van der Waals surface area contributed by atoms with Crippen molar-refractivity contribution < 1.29 is 9.90 Å². The molecule has 0 heterocycles. The topological polar surface area (TPSA) is 63.3 Å². The van der Waals surface area contributed by atoms with Gasteiger partial charge in [0.1, 0.15) is 5.75 Å². The minimum absolute atomic E-state index is 0.0978. The van der Waals surface area contributed by atoms with Crippen molar-refractivity contribution in [2.24, 2.45) is 5.73 Å². The molecule has 0 aliphatic heterocycles. The van der Waals surface area contributed by atoms with E-state index < -0.39 is 5.91 Å². The fourth-order valence-corrected chi connectivity index (χ4v) is 1.22. The highest BCUT2D eigenvalue weighted by Crippen LogP contribution is 2.17. The third-order valence-electron chi connectivity index (χ3n) is 1.71. The summed E-state index contributed by atoms with van der Waals surface area (Å²) in [5, 5.41) is 10.1. The standard InChI is InChI=1S/C11H10BrNO2/c12-6-2-1-3-8-4-5-10(14)9(7-8)11(13)15/h4-5,7,14H,2,6H2,(H2,13,15). The fraction of sp³-hybridized carbons (Fsp3) is 0.182. The lowest BCUT2D eigenvalue weighted by molar-refractivity contribution is 0.0997. The summed E-state index contributed by atoms with van der Waals surface area (Å²) in [5.74, 6) is 5.00. The van der Waals surface area contributed by atoms with Gasteiger partial charge in [0.05, 0.1) is 5.56 Å². The van der Waals surface area contributed by atoms with Gasteiger partial charge in [0.25, 0.3) is 5.91 Å². The van der Waals surface area contributed by atoms with Gasteiger partial charge in [-0.25, -0.2) is 0 Å². The molecule has 0 spiro atoms. The molecule has 3 nitrogen and oxygen atoms in total. The first-order valence-electron chi connectivity index (χ1n) is 4.33. The molecule has 78 valence electrons. The maximum absolute atomic E-state index is 10.9. The average Bonchev–Trinajstić information content (AvgIpc) is 2.20. The lowest BCUT2D eigenvalue weighted by Gasteiger charge is -1.99. The predicted molar refractivity (Wildman–Crippen MR) is 61.9 cm³/mol. The number of hydrogen-bond acceptors (Lipinski definition) is 2. The lowest BCUT2D eigenvalue weighted by atomic mass is 10.1. The number of aromatic hydroxyl groups is 1. The maximum atomic E-state index is 10.9. The Bertz CT molecular complexity index is 432. The molecule has 0 aliphatic carbocycles. The van der Waals surface area contributed by atoms with Crippen molar-refractivity contribution in [1.29, 1.82) is 0 Å². The molecule has 1 amide bonds. The van der Waals surface area contributed by atoms with Crippen LogP contribution in [0.25, 0.3) is 0 Å². The molecule has 1 rings (SSSR count). The van der Waals surface area contributed by atoms with Crippen LogP contribution < -0.4 is 5.73 Å². The summed E-state index contributed by atoms with van der Waals surface area (Å²) in [5.41, 5.74) is 5.85. The summed E-state index contributed by atoms with van der Waals surface area (Å²) in [6.07, 6.45) is 0.729. The van der Waals surface area contributed by atoms with Crippen LogP contribution in [0.5, 0.6) is 5.75 Å². The quantitative estimate of drug-likeness (QED) is 0.632. The maximum Gasteiger partial charge on any atom is 0.252 e. The molecule has 0 unspecified atom stereocenters. The van der Waals surface area contributed by atoms with Crippen LogP contribution in [0.1, 0.15) is 22.3 Å². The van der Waals surface area contributed by atoms with E-state index in [4.69, 9.17) is 5.73 Å². The van der Waals surface area contributed by atoms with Crippen molar-refractivity contribution >= 4 is 21.8 Å². The molecular formula is C11H10BrNO2. The third-order valence-corrected chi connectivity index (χ3v) is 2.11. The Morgan fingerprint density at radius 3 is 2.87 bits per heavy atom. The molecule has 0 saturated heterocycles. The first-order chi connectivity index (χ1) is 7.15. The van der Waals surface area contributed by atoms with Crippen molar-refractivity contribution in [3.8, 4) is 17.6 Å². The SMILES string of the molecule is NC(=O)c1cc(C#CCCBr)ccc1O. The van der Waals surface area contributed by atoms with Crippen molar-refractivity contribution in [1.82, 2.24) is 0 Å². The van der Waals surface area contributed by atoms with Crippen LogP contribution in [0, 0.1) is 11.8 Å². The van der Waals surface area contributed by atoms with Gasteiger partial charge in [-0.1, -0.05) is 27.8 Å². The van der Waals surface area contributed by atoms with E-state index >= 15 is 0 Å². The number of nitrogens with two attached hydrogens (primary N) is 1. The molecule has 0 aliphatic rings. The molecule has 0 bridgehead atoms. The van der Waals surface area contributed by atoms with Gasteiger partial charge in [-0.3, -0.25) is 4.79 Å². The number of primary amides is 1. The third kappa shape index (κ3) is 3.30. The number of amides is 1. The number of phenols is 1. The number of alkyl halides is 1. The summed E-state index contributed by atoms with van der Waals surface area (Å²) < 4.78 is 0. The van der Waals surface area contributed by atoms with Crippen LogP contribution in [0.3, 0.4) is 0 Å². The summed E-state index contributed by atoms with van der Waals surface area (Å²) >= 11 is 3.26. The first-order valence-corrected chi connectivity index (χ1v) is 5.45. The van der Waals surface area contributed by atoms with Crippen LogP contribution in [0.4, 0.5) is 0 Å². The summed E-state index contributed by atoms with van der Waals surface area (Å²) in [6, 6.07) is 4.54. The van der Waals surface area contributed by atoms with Crippen LogP contribution in [-0.4, -0.2) is 16.3 Å². The van der Waals surface area contributed by atoms with Gasteiger partial charge in [0, 0.05) is 17.3 Å². The van der Waals surface area contributed by atoms with Crippen LogP contribution in [-0.2, 0) is 0 Å². The molecular weight excluding hydrogens is 258 g/mol. The van der Waals surface area contributed by atoms with Crippen LogP contribution in [0.2, 0.25) is 0 Å². The van der Waals surface area contributed by atoms with Gasteiger partial charge < -0.3 is 10.8 Å². The Labute approximate surface area is 96.4 Å². The van der Waals surface area contributed by atoms with Gasteiger partial charge in [-0.05, 0) is 18.2 Å². The lowest BCUT2D eigenvalue weighted by Crippen LogP contribution is -2.11. The highest BCUT2D eigenvalue weighted by atomic mass is 79.9. The molecule has 3 N–H and O–H groups in total. The van der Waals surface area contributed by atoms with Gasteiger partial charge >= 0.3 is 0 Å². The van der Waals surface area contributed by atoms with E-state index in [0.717, 1.165) is 11.8 Å². The second-order valence-corrected chi connectivity index (χ2v) is 3.63. The Balaban J connectivity index is 2.99. The van der Waals surface area contributed by atoms with Gasteiger partial charge in [-0.2, -0.15) is 0 Å². The van der Waals surface area contributed by atoms with Crippen LogP contribution in [0.15, 0.2) is 18.2 Å². The number of halogens is 1. The van der Waals surface area contributed by atoms with E-state index in [1.54, 1.807) is 6.07 Å². The Hall–Kier alpha value is -1.47. The monoisotopic (exact) mass is 267 g/mol. The Morgan fingerprint density at radius 2 is 2.27 bits per heavy atom. The van der Waals surface area contributed by atoms with Gasteiger partial charge in [-0.15, -0.1) is 0 Å². The molecule has 0 fully saturated rings. The molecule has 0 atom stereocenters. The number of carbonyl (C=O) groups is 1. The van der Waals surface area contributed by atoms with Gasteiger partial charge in [0.15, 0.2) is 0 Å². The zero-order valence-electron chi connectivity index (χ0n) is 7.96. The van der Waals surface area contributed by atoms with E-state index in [1.165, 1.54) is 12.1 Å². The normalized spacial score (nSPS) is 9.13. The van der Waals surface area contributed by atoms with E-state index in [0.29, 0.717) is 5.56 Å². The average molecular weight is 268 g/mol. The number of benzene rings is 1. The van der Waals surface area contributed by atoms with Crippen molar-refractivity contribution in [2.75, 3.05) is 5.33 Å². The van der Waals surface area contributed by atoms with Crippen molar-refractivity contribution in [2.45, 2.75) is 6.42 Å². The van der Waals surface area contributed by atoms with Gasteiger partial charge in [0.2, 0.25) is 0 Å². The molecule has 4 heteroatoms. The Kier molecular flexibility index (Phi) is 4.19. The molecule has 1 aromatic rings. The van der Waals surface area contributed by atoms with E-state index in [1.807, 2.05) is 0 Å².